The Labute approximate surface area is 211 Å². The van der Waals surface area contributed by atoms with Gasteiger partial charge in [-0.3, -0.25) is 18.5 Å². The van der Waals surface area contributed by atoms with E-state index in [1.807, 2.05) is 0 Å². The Hall–Kier alpha value is -3.68. The third kappa shape index (κ3) is 6.37. The number of nitrogens with one attached hydrogen (secondary N) is 1. The van der Waals surface area contributed by atoms with Crippen LogP contribution in [0.15, 0.2) is 56.4 Å². The largest absolute Gasteiger partial charge is 0.505 e. The number of methoxy groups -OCH3 is 1. The summed E-state index contributed by atoms with van der Waals surface area (Å²) in [6.07, 6.45) is 0. The second-order valence-corrected chi connectivity index (χ2v) is 10.5. The quantitative estimate of drug-likeness (QED) is 0.148. The summed E-state index contributed by atoms with van der Waals surface area (Å²) in [5.74, 6) is -2.11. The highest BCUT2D eigenvalue weighted by Crippen LogP contribution is 2.47. The summed E-state index contributed by atoms with van der Waals surface area (Å²) in [7, 11) is -8.38. The first kappa shape index (κ1) is 27.9. The van der Waals surface area contributed by atoms with E-state index in [0.717, 1.165) is 37.3 Å². The lowest BCUT2D eigenvalue weighted by atomic mass is 10.1. The Morgan fingerprint density at radius 2 is 1.70 bits per heavy atom. The van der Waals surface area contributed by atoms with Crippen LogP contribution in [0, 0.1) is 0 Å². The summed E-state index contributed by atoms with van der Waals surface area (Å²) >= 11 is -2.99. The van der Waals surface area contributed by atoms with Crippen molar-refractivity contribution in [2.24, 2.45) is 10.2 Å². The van der Waals surface area contributed by atoms with Gasteiger partial charge in [-0.1, -0.05) is 0 Å². The fraction of sp³-hybridized carbons (Fsp3) is 0.105. The number of aromatic hydroxyl groups is 1. The van der Waals surface area contributed by atoms with Crippen molar-refractivity contribution in [3.63, 3.8) is 0 Å². The Kier molecular flexibility index (Phi) is 7.81. The van der Waals surface area contributed by atoms with Crippen LogP contribution in [-0.4, -0.2) is 52.8 Å². The number of phenolic OH excluding ortho intramolecular Hbond substituents is 1. The summed E-state index contributed by atoms with van der Waals surface area (Å²) in [6, 6.07) is 6.00. The van der Waals surface area contributed by atoms with Crippen LogP contribution in [-0.2, 0) is 36.4 Å². The molecule has 0 saturated heterocycles. The number of ether oxygens (including phenoxy) is 1. The van der Waals surface area contributed by atoms with Crippen molar-refractivity contribution in [2.75, 3.05) is 12.4 Å². The van der Waals surface area contributed by atoms with Gasteiger partial charge in [-0.15, -0.1) is 10.2 Å². The molecule has 15 nitrogen and oxygen atoms in total. The van der Waals surface area contributed by atoms with Gasteiger partial charge in [-0.2, -0.15) is 21.0 Å². The molecule has 3 rings (SSSR count). The highest BCUT2D eigenvalue weighted by Gasteiger charge is 2.23. The Balaban J connectivity index is 2.36. The molecule has 198 valence electrons. The molecular weight excluding hydrogens is 558 g/mol. The van der Waals surface area contributed by atoms with E-state index in [9.17, 15) is 44.6 Å². The monoisotopic (exact) mass is 575 g/mol. The maximum absolute atomic E-state index is 11.8. The number of amides is 1. The van der Waals surface area contributed by atoms with Crippen LogP contribution >= 0.6 is 0 Å². The zero-order valence-electron chi connectivity index (χ0n) is 18.6. The minimum absolute atomic E-state index is 0.0504. The maximum atomic E-state index is 11.8. The molecule has 37 heavy (non-hydrogen) atoms. The summed E-state index contributed by atoms with van der Waals surface area (Å²) in [6.45, 7) is 1.08. The van der Waals surface area contributed by atoms with Gasteiger partial charge in [-0.05, 0) is 35.7 Å². The van der Waals surface area contributed by atoms with Crippen molar-refractivity contribution in [3.8, 4) is 17.2 Å². The van der Waals surface area contributed by atoms with Crippen LogP contribution in [0.3, 0.4) is 0 Å². The molecule has 0 heterocycles. The van der Waals surface area contributed by atoms with Crippen LogP contribution < -0.4 is 14.2 Å². The van der Waals surface area contributed by atoms with Crippen molar-refractivity contribution in [3.05, 3.63) is 36.4 Å². The van der Waals surface area contributed by atoms with Crippen LogP contribution in [0.5, 0.6) is 17.2 Å². The molecule has 1 unspecified atom stereocenters. The third-order valence-corrected chi connectivity index (χ3v) is 6.63. The van der Waals surface area contributed by atoms with E-state index in [0.29, 0.717) is 0 Å². The lowest BCUT2D eigenvalue weighted by Gasteiger charge is -2.14. The maximum Gasteiger partial charge on any atom is 0.357 e. The SMILES string of the molecule is COc1ccc(N=Nc2c(OS(=O)O)cc3cc(S(=O)(=O)O)cc(NC(C)=O)c3c2O)c(S(=O)(=O)O)c1. The number of fused-ring (bicyclic) bond motifs is 1. The van der Waals surface area contributed by atoms with E-state index in [2.05, 4.69) is 15.5 Å². The molecule has 0 fully saturated rings. The topological polar surface area (TPSA) is 239 Å². The van der Waals surface area contributed by atoms with E-state index in [1.54, 1.807) is 0 Å². The van der Waals surface area contributed by atoms with Gasteiger partial charge in [0, 0.05) is 18.4 Å². The number of anilines is 1. The number of carbonyl (C=O) groups excluding carboxylic acids is 1. The molecule has 0 bridgehead atoms. The van der Waals surface area contributed by atoms with Gasteiger partial charge in [0.1, 0.15) is 16.3 Å². The van der Waals surface area contributed by atoms with Gasteiger partial charge in [0.2, 0.25) is 5.91 Å². The zero-order valence-corrected chi connectivity index (χ0v) is 21.1. The summed E-state index contributed by atoms with van der Waals surface area (Å²) in [5.41, 5.74) is -1.37. The van der Waals surface area contributed by atoms with Gasteiger partial charge in [0.15, 0.2) is 17.2 Å². The predicted octanol–water partition coefficient (Wildman–Crippen LogP) is 2.94. The molecule has 0 radical (unpaired) electrons. The van der Waals surface area contributed by atoms with Crippen molar-refractivity contribution >= 4 is 65.3 Å². The smallest absolute Gasteiger partial charge is 0.357 e. The van der Waals surface area contributed by atoms with Gasteiger partial charge in [0.25, 0.3) is 20.2 Å². The van der Waals surface area contributed by atoms with Gasteiger partial charge in [-0.25, -0.2) is 0 Å². The van der Waals surface area contributed by atoms with E-state index in [1.165, 1.54) is 13.2 Å². The van der Waals surface area contributed by atoms with E-state index < -0.39 is 70.2 Å². The molecule has 1 amide bonds. The fourth-order valence-corrected chi connectivity index (χ4v) is 4.61. The fourth-order valence-electron chi connectivity index (χ4n) is 3.15. The molecule has 0 aliphatic carbocycles. The molecule has 1 atom stereocenters. The number of azo groups is 1. The number of benzene rings is 3. The molecule has 3 aromatic carbocycles. The minimum atomic E-state index is -4.83. The average molecular weight is 576 g/mol. The number of hydrogen-bond acceptors (Lipinski definition) is 11. The minimum Gasteiger partial charge on any atom is -0.505 e. The number of hydrogen-bond donors (Lipinski definition) is 5. The van der Waals surface area contributed by atoms with Crippen molar-refractivity contribution in [1.29, 1.82) is 0 Å². The van der Waals surface area contributed by atoms with Gasteiger partial charge < -0.3 is 19.3 Å². The number of phenols is 1. The summed E-state index contributed by atoms with van der Waals surface area (Å²) < 4.78 is 96.2. The second kappa shape index (κ2) is 10.4. The molecule has 0 spiro atoms. The van der Waals surface area contributed by atoms with Crippen molar-refractivity contribution < 1.29 is 53.5 Å². The van der Waals surface area contributed by atoms with Gasteiger partial charge >= 0.3 is 11.4 Å². The molecule has 3 aromatic rings. The first-order valence-corrected chi connectivity index (χ1v) is 13.5. The molecule has 0 aliphatic rings. The summed E-state index contributed by atoms with van der Waals surface area (Å²) in [4.78, 5) is 10.3. The van der Waals surface area contributed by atoms with Crippen LogP contribution in [0.25, 0.3) is 10.8 Å². The standard InChI is InChI=1S/C19H17N3O12S3/c1-9(23)20-14-8-12(36(27,28)29)5-10-6-15(34-35(25)26)18(19(24)17(10)14)22-21-13-4-3-11(33-2)7-16(13)37(30,31)32/h3-8,24H,1-2H3,(H,20,23)(H,25,26)(H,27,28,29)(H,30,31,32). The number of nitrogens with zero attached hydrogens (tertiary/aromatic N) is 2. The molecule has 0 saturated carbocycles. The predicted molar refractivity (Wildman–Crippen MR) is 128 cm³/mol. The van der Waals surface area contributed by atoms with Gasteiger partial charge in [0.05, 0.1) is 17.7 Å². The number of carbonyl (C=O) groups is 1. The molecule has 0 aliphatic heterocycles. The average Bonchev–Trinajstić information content (AvgIpc) is 2.76. The first-order valence-electron chi connectivity index (χ1n) is 9.57. The molecule has 5 N–H and O–H groups in total. The highest BCUT2D eigenvalue weighted by atomic mass is 32.2. The molecular formula is C19H17N3O12S3. The molecule has 0 aromatic heterocycles. The normalized spacial score (nSPS) is 13.0. The molecule has 18 heteroatoms. The van der Waals surface area contributed by atoms with Crippen LogP contribution in [0.4, 0.5) is 17.1 Å². The Morgan fingerprint density at radius 1 is 1.03 bits per heavy atom. The third-order valence-electron chi connectivity index (χ3n) is 4.60. The van der Waals surface area contributed by atoms with Crippen molar-refractivity contribution in [1.82, 2.24) is 0 Å². The Bertz CT molecular complexity index is 1690. The van der Waals surface area contributed by atoms with Crippen LogP contribution in [0.2, 0.25) is 0 Å². The van der Waals surface area contributed by atoms with E-state index in [-0.39, 0.29) is 22.2 Å². The summed E-state index contributed by atoms with van der Waals surface area (Å²) in [5, 5.41) is 20.2. The zero-order chi connectivity index (χ0) is 27.7. The Morgan fingerprint density at radius 3 is 2.24 bits per heavy atom. The first-order chi connectivity index (χ1) is 17.1. The van der Waals surface area contributed by atoms with Crippen LogP contribution in [0.1, 0.15) is 6.92 Å². The highest BCUT2D eigenvalue weighted by molar-refractivity contribution is 7.86. The van der Waals surface area contributed by atoms with E-state index >= 15 is 0 Å². The second-order valence-electron chi connectivity index (χ2n) is 7.11. The number of rotatable bonds is 8. The lowest BCUT2D eigenvalue weighted by molar-refractivity contribution is -0.114. The van der Waals surface area contributed by atoms with E-state index in [4.69, 9.17) is 8.92 Å². The lowest BCUT2D eigenvalue weighted by Crippen LogP contribution is -2.08. The van der Waals surface area contributed by atoms with Crippen molar-refractivity contribution in [2.45, 2.75) is 16.7 Å².